The smallest absolute Gasteiger partial charge is 0.243 e. The molecule has 2 amide bonds. The maximum Gasteiger partial charge on any atom is 0.243 e. The zero-order valence-electron chi connectivity index (χ0n) is 13.3. The molecule has 2 unspecified atom stereocenters. The van der Waals surface area contributed by atoms with E-state index < -0.39 is 0 Å². The van der Waals surface area contributed by atoms with Gasteiger partial charge in [0.2, 0.25) is 11.8 Å². The highest BCUT2D eigenvalue weighted by Crippen LogP contribution is 2.24. The number of likely N-dealkylation sites (N-methyl/N-ethyl adjacent to an activating group) is 1. The summed E-state index contributed by atoms with van der Waals surface area (Å²) in [6.07, 6.45) is 3.57. The summed E-state index contributed by atoms with van der Waals surface area (Å²) >= 11 is 0. The molecule has 5 heteroatoms. The van der Waals surface area contributed by atoms with Crippen molar-refractivity contribution in [2.24, 2.45) is 11.7 Å². The fourth-order valence-electron chi connectivity index (χ4n) is 2.89. The number of aryl methyl sites for hydroxylation is 1. The molecule has 1 fully saturated rings. The molecule has 0 heterocycles. The van der Waals surface area contributed by atoms with Gasteiger partial charge >= 0.3 is 0 Å². The first-order chi connectivity index (χ1) is 10.5. The van der Waals surface area contributed by atoms with Crippen molar-refractivity contribution in [1.82, 2.24) is 4.90 Å². The second kappa shape index (κ2) is 7.40. The molecule has 2 rings (SSSR count). The van der Waals surface area contributed by atoms with E-state index in [0.29, 0.717) is 0 Å². The number of carbonyl (C=O) groups excluding carboxylic acids is 2. The molecule has 22 heavy (non-hydrogen) atoms. The zero-order valence-corrected chi connectivity index (χ0v) is 13.3. The highest BCUT2D eigenvalue weighted by Gasteiger charge is 2.28. The molecule has 2 atom stereocenters. The molecule has 5 nitrogen and oxygen atoms in total. The molecule has 1 aliphatic carbocycles. The van der Waals surface area contributed by atoms with Gasteiger partial charge in [0, 0.05) is 24.7 Å². The SMILES string of the molecule is Cc1ccc(NC(=O)CN(C)C(=O)C2CCCC(N)C2)cc1. The summed E-state index contributed by atoms with van der Waals surface area (Å²) in [5.74, 6) is -0.199. The number of nitrogens with one attached hydrogen (secondary N) is 1. The van der Waals surface area contributed by atoms with Crippen LogP contribution in [0, 0.1) is 12.8 Å². The number of nitrogens with zero attached hydrogens (tertiary/aromatic N) is 1. The number of benzene rings is 1. The predicted molar refractivity (Wildman–Crippen MR) is 87.4 cm³/mol. The predicted octanol–water partition coefficient (Wildman–Crippen LogP) is 1.91. The fourth-order valence-corrected chi connectivity index (χ4v) is 2.89. The van der Waals surface area contributed by atoms with Crippen molar-refractivity contribution in [2.45, 2.75) is 38.6 Å². The molecule has 1 aromatic rings. The van der Waals surface area contributed by atoms with Crippen molar-refractivity contribution in [1.29, 1.82) is 0 Å². The van der Waals surface area contributed by atoms with Crippen molar-refractivity contribution in [3.63, 3.8) is 0 Å². The van der Waals surface area contributed by atoms with Crippen LogP contribution in [0.2, 0.25) is 0 Å². The summed E-state index contributed by atoms with van der Waals surface area (Å²) in [5, 5.41) is 2.81. The van der Waals surface area contributed by atoms with Crippen molar-refractivity contribution in [3.05, 3.63) is 29.8 Å². The normalized spacial score (nSPS) is 21.2. The van der Waals surface area contributed by atoms with Gasteiger partial charge in [-0.1, -0.05) is 24.1 Å². The topological polar surface area (TPSA) is 75.4 Å². The van der Waals surface area contributed by atoms with Crippen LogP contribution in [0.1, 0.15) is 31.2 Å². The van der Waals surface area contributed by atoms with Gasteiger partial charge < -0.3 is 16.0 Å². The van der Waals surface area contributed by atoms with Crippen LogP contribution in [0.5, 0.6) is 0 Å². The molecule has 0 spiro atoms. The summed E-state index contributed by atoms with van der Waals surface area (Å²) in [5.41, 5.74) is 7.81. The Morgan fingerprint density at radius 2 is 1.95 bits per heavy atom. The molecule has 1 aliphatic rings. The number of anilines is 1. The van der Waals surface area contributed by atoms with Gasteiger partial charge in [0.05, 0.1) is 6.54 Å². The van der Waals surface area contributed by atoms with Gasteiger partial charge in [0.25, 0.3) is 0 Å². The Morgan fingerprint density at radius 1 is 1.27 bits per heavy atom. The minimum Gasteiger partial charge on any atom is -0.336 e. The summed E-state index contributed by atoms with van der Waals surface area (Å²) in [6, 6.07) is 7.70. The van der Waals surface area contributed by atoms with E-state index in [9.17, 15) is 9.59 Å². The van der Waals surface area contributed by atoms with Crippen molar-refractivity contribution in [2.75, 3.05) is 18.9 Å². The first kappa shape index (κ1) is 16.5. The van der Waals surface area contributed by atoms with Crippen LogP contribution in [0.4, 0.5) is 5.69 Å². The summed E-state index contributed by atoms with van der Waals surface area (Å²) in [7, 11) is 1.68. The molecule has 0 aliphatic heterocycles. The van der Waals surface area contributed by atoms with Crippen LogP contribution in [0.3, 0.4) is 0 Å². The number of hydrogen-bond acceptors (Lipinski definition) is 3. The average molecular weight is 303 g/mol. The third-order valence-corrected chi connectivity index (χ3v) is 4.16. The summed E-state index contributed by atoms with van der Waals surface area (Å²) < 4.78 is 0. The van der Waals surface area contributed by atoms with E-state index in [4.69, 9.17) is 5.73 Å². The molecule has 1 saturated carbocycles. The van der Waals surface area contributed by atoms with E-state index in [2.05, 4.69) is 5.32 Å². The minimum absolute atomic E-state index is 0.0224. The third-order valence-electron chi connectivity index (χ3n) is 4.16. The van der Waals surface area contributed by atoms with E-state index in [1.807, 2.05) is 31.2 Å². The molecular formula is C17H25N3O2. The zero-order chi connectivity index (χ0) is 16.1. The first-order valence-electron chi connectivity index (χ1n) is 7.83. The molecular weight excluding hydrogens is 278 g/mol. The lowest BCUT2D eigenvalue weighted by Crippen LogP contribution is -2.41. The van der Waals surface area contributed by atoms with Crippen molar-refractivity contribution in [3.8, 4) is 0 Å². The number of hydrogen-bond donors (Lipinski definition) is 2. The van der Waals surface area contributed by atoms with Crippen LogP contribution in [0.25, 0.3) is 0 Å². The van der Waals surface area contributed by atoms with Crippen LogP contribution >= 0.6 is 0 Å². The van der Waals surface area contributed by atoms with Crippen LogP contribution in [-0.2, 0) is 9.59 Å². The number of nitrogens with two attached hydrogens (primary N) is 1. The van der Waals surface area contributed by atoms with E-state index in [0.717, 1.165) is 36.9 Å². The maximum absolute atomic E-state index is 12.4. The van der Waals surface area contributed by atoms with Crippen molar-refractivity contribution < 1.29 is 9.59 Å². The minimum atomic E-state index is -0.181. The standard InChI is InChI=1S/C17H25N3O2/c1-12-6-8-15(9-7-12)19-16(21)11-20(2)17(22)13-4-3-5-14(18)10-13/h6-9,13-14H,3-5,10-11,18H2,1-2H3,(H,19,21). The van der Waals surface area contributed by atoms with Gasteiger partial charge in [-0.2, -0.15) is 0 Å². The van der Waals surface area contributed by atoms with Gasteiger partial charge in [0.1, 0.15) is 0 Å². The Balaban J connectivity index is 1.85. The van der Waals surface area contributed by atoms with Crippen LogP contribution in [-0.4, -0.2) is 36.3 Å². The second-order valence-corrected chi connectivity index (χ2v) is 6.23. The molecule has 0 aromatic heterocycles. The molecule has 0 saturated heterocycles. The Hall–Kier alpha value is -1.88. The quantitative estimate of drug-likeness (QED) is 0.892. The average Bonchev–Trinajstić information content (AvgIpc) is 2.48. The molecule has 1 aromatic carbocycles. The summed E-state index contributed by atoms with van der Waals surface area (Å²) in [4.78, 5) is 25.9. The molecule has 0 bridgehead atoms. The Morgan fingerprint density at radius 3 is 2.59 bits per heavy atom. The highest BCUT2D eigenvalue weighted by molar-refractivity contribution is 5.94. The Kier molecular flexibility index (Phi) is 5.55. The second-order valence-electron chi connectivity index (χ2n) is 6.23. The lowest BCUT2D eigenvalue weighted by atomic mass is 9.85. The summed E-state index contributed by atoms with van der Waals surface area (Å²) in [6.45, 7) is 2.06. The Bertz CT molecular complexity index is 527. The van der Waals surface area contributed by atoms with Crippen LogP contribution in [0.15, 0.2) is 24.3 Å². The van der Waals surface area contributed by atoms with Crippen molar-refractivity contribution >= 4 is 17.5 Å². The van der Waals surface area contributed by atoms with Gasteiger partial charge in [-0.25, -0.2) is 0 Å². The fraction of sp³-hybridized carbons (Fsp3) is 0.529. The molecule has 3 N–H and O–H groups in total. The lowest BCUT2D eigenvalue weighted by molar-refractivity contribution is -0.138. The van der Waals surface area contributed by atoms with Gasteiger partial charge in [-0.3, -0.25) is 9.59 Å². The Labute approximate surface area is 131 Å². The highest BCUT2D eigenvalue weighted by atomic mass is 16.2. The maximum atomic E-state index is 12.4. The monoisotopic (exact) mass is 303 g/mol. The van der Waals surface area contributed by atoms with Gasteiger partial charge in [-0.15, -0.1) is 0 Å². The lowest BCUT2D eigenvalue weighted by Gasteiger charge is -2.29. The molecule has 120 valence electrons. The van der Waals surface area contributed by atoms with Gasteiger partial charge in [0.15, 0.2) is 0 Å². The number of carbonyl (C=O) groups is 2. The number of amides is 2. The van der Waals surface area contributed by atoms with E-state index in [1.54, 1.807) is 7.05 Å². The number of rotatable bonds is 4. The molecule has 0 radical (unpaired) electrons. The van der Waals surface area contributed by atoms with Gasteiger partial charge in [-0.05, 0) is 38.3 Å². The third kappa shape index (κ3) is 4.56. The van der Waals surface area contributed by atoms with E-state index >= 15 is 0 Å². The van der Waals surface area contributed by atoms with E-state index in [-0.39, 0.29) is 30.3 Å². The van der Waals surface area contributed by atoms with E-state index in [1.165, 1.54) is 4.90 Å². The first-order valence-corrected chi connectivity index (χ1v) is 7.83. The largest absolute Gasteiger partial charge is 0.336 e. The van der Waals surface area contributed by atoms with Crippen LogP contribution < -0.4 is 11.1 Å².